The Hall–Kier alpha value is -1.57. The average molecular weight is 360 g/mol. The summed E-state index contributed by atoms with van der Waals surface area (Å²) in [5, 5.41) is 6.86. The third-order valence-electron chi connectivity index (χ3n) is 4.51. The molecule has 1 fully saturated rings. The molecule has 2 atom stereocenters. The lowest BCUT2D eigenvalue weighted by Gasteiger charge is -2.38. The van der Waals surface area contributed by atoms with Gasteiger partial charge in [-0.25, -0.2) is 0 Å². The summed E-state index contributed by atoms with van der Waals surface area (Å²) in [4.78, 5) is 0. The third kappa shape index (κ3) is 3.03. The number of halogens is 4. The Morgan fingerprint density at radius 3 is 2.83 bits per heavy atom. The van der Waals surface area contributed by atoms with Crippen LogP contribution in [0.25, 0.3) is 11.1 Å². The van der Waals surface area contributed by atoms with Gasteiger partial charge in [-0.3, -0.25) is 0 Å². The van der Waals surface area contributed by atoms with Gasteiger partial charge in [-0.15, -0.1) is 25.6 Å². The molecule has 8 heteroatoms. The molecule has 3 heterocycles. The molecule has 2 aromatic rings. The van der Waals surface area contributed by atoms with Crippen molar-refractivity contribution in [3.05, 3.63) is 41.7 Å². The molecule has 0 unspecified atom stereocenters. The highest BCUT2D eigenvalue weighted by Crippen LogP contribution is 2.36. The fourth-order valence-corrected chi connectivity index (χ4v) is 3.37. The average Bonchev–Trinajstić information content (AvgIpc) is 3.04. The van der Waals surface area contributed by atoms with E-state index in [0.29, 0.717) is 12.2 Å². The van der Waals surface area contributed by atoms with Gasteiger partial charge < -0.3 is 10.1 Å². The topological polar surface area (TPSA) is 39.1 Å². The van der Waals surface area contributed by atoms with Crippen molar-refractivity contribution in [3.63, 3.8) is 0 Å². The Bertz CT molecular complexity index is 732. The fourth-order valence-electron chi connectivity index (χ4n) is 3.37. The minimum Gasteiger partial charge on any atom is -0.372 e. The van der Waals surface area contributed by atoms with Gasteiger partial charge in [-0.05, 0) is 42.1 Å². The van der Waals surface area contributed by atoms with Gasteiger partial charge in [0.25, 0.3) is 0 Å². The zero-order chi connectivity index (χ0) is 16.0. The van der Waals surface area contributed by atoms with E-state index in [1.54, 1.807) is 0 Å². The molecule has 0 amide bonds. The Labute approximate surface area is 143 Å². The zero-order valence-corrected chi connectivity index (χ0v) is 13.5. The van der Waals surface area contributed by atoms with Gasteiger partial charge in [-0.1, -0.05) is 12.1 Å². The van der Waals surface area contributed by atoms with Crippen LogP contribution >= 0.6 is 12.4 Å². The van der Waals surface area contributed by atoms with Crippen molar-refractivity contribution < 1.29 is 17.9 Å². The second-order valence-corrected chi connectivity index (χ2v) is 5.98. The van der Waals surface area contributed by atoms with E-state index >= 15 is 0 Å². The van der Waals surface area contributed by atoms with Crippen LogP contribution in [0.15, 0.2) is 30.6 Å². The van der Waals surface area contributed by atoms with Crippen LogP contribution < -0.4 is 5.32 Å². The first kappa shape index (κ1) is 17.3. The first-order chi connectivity index (χ1) is 11.0. The van der Waals surface area contributed by atoms with Crippen LogP contribution in [-0.4, -0.2) is 22.4 Å². The number of aromatic nitrogens is 2. The number of fused-ring (bicyclic) bond motifs is 3. The number of ether oxygens (including phenoxy) is 1. The van der Waals surface area contributed by atoms with Gasteiger partial charge in [0.2, 0.25) is 0 Å². The molecule has 130 valence electrons. The SMILES string of the molecule is Cl.FC(F)(F)n1cc(-c2ccc3c(c2)CO[C@H]2CCCN[C@@H]32)cn1. The van der Waals surface area contributed by atoms with E-state index in [0.717, 1.165) is 36.7 Å². The van der Waals surface area contributed by atoms with Crippen molar-refractivity contribution in [2.24, 2.45) is 0 Å². The van der Waals surface area contributed by atoms with Crippen molar-refractivity contribution in [3.8, 4) is 11.1 Å². The minimum atomic E-state index is -4.49. The highest BCUT2D eigenvalue weighted by molar-refractivity contribution is 5.85. The van der Waals surface area contributed by atoms with Crippen molar-refractivity contribution in [1.82, 2.24) is 15.1 Å². The number of hydrogen-bond donors (Lipinski definition) is 1. The molecule has 0 spiro atoms. The summed E-state index contributed by atoms with van der Waals surface area (Å²) in [6, 6.07) is 5.93. The van der Waals surface area contributed by atoms with E-state index in [1.807, 2.05) is 18.2 Å². The second kappa shape index (κ2) is 6.38. The molecule has 1 saturated heterocycles. The summed E-state index contributed by atoms with van der Waals surface area (Å²) in [6.45, 7) is 1.46. The molecule has 0 radical (unpaired) electrons. The standard InChI is InChI=1S/C16H16F3N3O.ClH/c17-16(18,19)22-8-12(7-21-22)10-3-4-13-11(6-10)9-23-14-2-1-5-20-15(13)14;/h3-4,6-8,14-15,20H,1-2,5,9H2;1H/t14-,15-;/m0./s1. The summed E-state index contributed by atoms with van der Waals surface area (Å²) >= 11 is 0. The molecule has 2 aliphatic rings. The predicted octanol–water partition coefficient (Wildman–Crippen LogP) is 3.77. The quantitative estimate of drug-likeness (QED) is 0.842. The van der Waals surface area contributed by atoms with E-state index in [9.17, 15) is 13.2 Å². The molecule has 24 heavy (non-hydrogen) atoms. The molecular formula is C16H17ClF3N3O. The molecule has 4 nitrogen and oxygen atoms in total. The van der Waals surface area contributed by atoms with Crippen LogP contribution in [0.5, 0.6) is 0 Å². The molecule has 0 saturated carbocycles. The van der Waals surface area contributed by atoms with E-state index in [2.05, 4.69) is 10.4 Å². The summed E-state index contributed by atoms with van der Waals surface area (Å²) < 4.78 is 43.9. The molecule has 4 rings (SSSR count). The maximum absolute atomic E-state index is 12.6. The monoisotopic (exact) mass is 359 g/mol. The van der Waals surface area contributed by atoms with Gasteiger partial charge in [0.1, 0.15) is 0 Å². The molecule has 2 aliphatic heterocycles. The fraction of sp³-hybridized carbons (Fsp3) is 0.438. The number of nitrogens with zero attached hydrogens (tertiary/aromatic N) is 2. The number of nitrogens with one attached hydrogen (secondary N) is 1. The maximum Gasteiger partial charge on any atom is 0.504 e. The lowest BCUT2D eigenvalue weighted by Crippen LogP contribution is -2.42. The van der Waals surface area contributed by atoms with E-state index < -0.39 is 6.30 Å². The Balaban J connectivity index is 0.00000169. The van der Waals surface area contributed by atoms with Crippen molar-refractivity contribution in [2.45, 2.75) is 37.9 Å². The van der Waals surface area contributed by atoms with Crippen LogP contribution in [0.1, 0.15) is 30.0 Å². The normalized spacial score (nSPS) is 23.1. The molecule has 1 N–H and O–H groups in total. The Morgan fingerprint density at radius 1 is 1.25 bits per heavy atom. The van der Waals surface area contributed by atoms with Crippen LogP contribution in [0, 0.1) is 0 Å². The number of rotatable bonds is 1. The first-order valence-corrected chi connectivity index (χ1v) is 7.62. The number of hydrogen-bond acceptors (Lipinski definition) is 3. The van der Waals surface area contributed by atoms with Gasteiger partial charge >= 0.3 is 6.30 Å². The molecule has 1 aromatic carbocycles. The largest absolute Gasteiger partial charge is 0.504 e. The van der Waals surface area contributed by atoms with Crippen LogP contribution in [0.2, 0.25) is 0 Å². The van der Waals surface area contributed by atoms with Crippen LogP contribution in [0.4, 0.5) is 13.2 Å². The zero-order valence-electron chi connectivity index (χ0n) is 12.7. The number of benzene rings is 1. The lowest BCUT2D eigenvalue weighted by atomic mass is 9.88. The Morgan fingerprint density at radius 2 is 2.08 bits per heavy atom. The lowest BCUT2D eigenvalue weighted by molar-refractivity contribution is -0.212. The minimum absolute atomic E-state index is 0. The molecule has 1 aromatic heterocycles. The van der Waals surface area contributed by atoms with E-state index in [-0.39, 0.29) is 29.2 Å². The van der Waals surface area contributed by atoms with Crippen molar-refractivity contribution >= 4 is 12.4 Å². The summed E-state index contributed by atoms with van der Waals surface area (Å²) in [5.41, 5.74) is 3.38. The third-order valence-corrected chi connectivity index (χ3v) is 4.51. The van der Waals surface area contributed by atoms with Gasteiger partial charge in [0.05, 0.1) is 24.9 Å². The highest BCUT2D eigenvalue weighted by atomic mass is 35.5. The van der Waals surface area contributed by atoms with Crippen LogP contribution in [0.3, 0.4) is 0 Å². The molecule has 0 bridgehead atoms. The summed E-state index contributed by atoms with van der Waals surface area (Å²) in [6.07, 6.45) is 0.0836. The molecular weight excluding hydrogens is 343 g/mol. The van der Waals surface area contributed by atoms with Crippen molar-refractivity contribution in [2.75, 3.05) is 6.54 Å². The van der Waals surface area contributed by atoms with E-state index in [4.69, 9.17) is 4.74 Å². The first-order valence-electron chi connectivity index (χ1n) is 7.62. The highest BCUT2D eigenvalue weighted by Gasteiger charge is 2.33. The predicted molar refractivity (Wildman–Crippen MR) is 84.8 cm³/mol. The van der Waals surface area contributed by atoms with Crippen LogP contribution in [-0.2, 0) is 17.6 Å². The number of alkyl halides is 3. The Kier molecular flexibility index (Phi) is 4.59. The van der Waals surface area contributed by atoms with Gasteiger partial charge in [-0.2, -0.15) is 9.78 Å². The van der Waals surface area contributed by atoms with Gasteiger partial charge in [0, 0.05) is 11.8 Å². The smallest absolute Gasteiger partial charge is 0.372 e. The van der Waals surface area contributed by atoms with Crippen molar-refractivity contribution in [1.29, 1.82) is 0 Å². The summed E-state index contributed by atoms with van der Waals surface area (Å²) in [7, 11) is 0. The van der Waals surface area contributed by atoms with Gasteiger partial charge in [0.15, 0.2) is 0 Å². The maximum atomic E-state index is 12.6. The van der Waals surface area contributed by atoms with E-state index in [1.165, 1.54) is 11.8 Å². The second-order valence-electron chi connectivity index (χ2n) is 5.98. The number of piperidine rings is 1. The molecule has 0 aliphatic carbocycles. The summed E-state index contributed by atoms with van der Waals surface area (Å²) in [5.74, 6) is 0.